The van der Waals surface area contributed by atoms with E-state index >= 15 is 0 Å². The maximum absolute atomic E-state index is 13.2. The number of hydrogen-bond donors (Lipinski definition) is 1. The van der Waals surface area contributed by atoms with Crippen LogP contribution in [0.3, 0.4) is 0 Å². The number of carbonyl (C=O) groups excluding carboxylic acids is 2. The average molecular weight is 790 g/mol. The number of nitrogens with one attached hydrogen (secondary N) is 1. The van der Waals surface area contributed by atoms with Crippen molar-refractivity contribution < 1.29 is 19.1 Å². The first-order valence-electron chi connectivity index (χ1n) is 11.9. The molecule has 1 fully saturated rings. The van der Waals surface area contributed by atoms with Crippen LogP contribution >= 0.6 is 83.4 Å². The Balaban J connectivity index is 1.53. The van der Waals surface area contributed by atoms with E-state index in [-0.39, 0.29) is 18.4 Å². The smallest absolute Gasteiger partial charge is 0.270 e. The number of hydrogen-bond acceptors (Lipinski definition) is 6. The van der Waals surface area contributed by atoms with Gasteiger partial charge in [0.05, 0.1) is 32.4 Å². The van der Waals surface area contributed by atoms with Crippen LogP contribution in [0.25, 0.3) is 6.08 Å². The second-order valence-corrected chi connectivity index (χ2v) is 13.3. The Morgan fingerprint density at radius 1 is 1.05 bits per heavy atom. The first kappa shape index (κ1) is 31.1. The van der Waals surface area contributed by atoms with Crippen LogP contribution < -0.4 is 19.7 Å². The van der Waals surface area contributed by atoms with Crippen molar-refractivity contribution in [2.24, 2.45) is 0 Å². The fraction of sp³-hybridized carbons (Fsp3) is 0.179. The summed E-state index contributed by atoms with van der Waals surface area (Å²) < 4.78 is 14.2. The van der Waals surface area contributed by atoms with Crippen LogP contribution in [0.15, 0.2) is 60.8 Å². The van der Waals surface area contributed by atoms with Crippen molar-refractivity contribution in [1.29, 1.82) is 0 Å². The Morgan fingerprint density at radius 2 is 1.77 bits per heavy atom. The van der Waals surface area contributed by atoms with Gasteiger partial charge in [-0.05, 0) is 134 Å². The third-order valence-corrected chi connectivity index (χ3v) is 9.57. The molecule has 4 rings (SSSR count). The molecule has 0 radical (unpaired) electrons. The number of aryl methyl sites for hydroxylation is 2. The summed E-state index contributed by atoms with van der Waals surface area (Å²) in [5.74, 6) is 0.236. The van der Waals surface area contributed by atoms with Gasteiger partial charge in [-0.3, -0.25) is 14.5 Å². The maximum atomic E-state index is 13.2. The van der Waals surface area contributed by atoms with E-state index in [1.807, 2.05) is 32.9 Å². The van der Waals surface area contributed by atoms with Crippen LogP contribution in [0.4, 0.5) is 11.4 Å². The van der Waals surface area contributed by atoms with Gasteiger partial charge in [0.1, 0.15) is 0 Å². The summed E-state index contributed by atoms with van der Waals surface area (Å²) in [5, 5.41) is 3.35. The third-order valence-electron chi connectivity index (χ3n) is 5.79. The zero-order chi connectivity index (χ0) is 29.1. The van der Waals surface area contributed by atoms with E-state index < -0.39 is 0 Å². The molecule has 1 aliphatic heterocycles. The number of ether oxygens (including phenoxy) is 2. The first-order chi connectivity index (χ1) is 19.0. The van der Waals surface area contributed by atoms with E-state index in [1.165, 1.54) is 16.7 Å². The monoisotopic (exact) mass is 786 g/mol. The molecule has 0 saturated carbocycles. The average Bonchev–Trinajstić information content (AvgIpc) is 3.16. The van der Waals surface area contributed by atoms with E-state index in [9.17, 15) is 9.59 Å². The molecule has 0 atom stereocenters. The third kappa shape index (κ3) is 7.11. The molecule has 0 aliphatic carbocycles. The molecule has 2 amide bonds. The molecule has 1 aliphatic rings. The van der Waals surface area contributed by atoms with Gasteiger partial charge in [0, 0.05) is 8.95 Å². The molecule has 6 nitrogen and oxygen atoms in total. The fourth-order valence-electron chi connectivity index (χ4n) is 3.74. The molecule has 0 aromatic heterocycles. The zero-order valence-corrected chi connectivity index (χ0v) is 28.6. The summed E-state index contributed by atoms with van der Waals surface area (Å²) in [5.41, 5.74) is 4.13. The lowest BCUT2D eigenvalue weighted by molar-refractivity contribution is -0.118. The summed E-state index contributed by atoms with van der Waals surface area (Å²) in [6.07, 6.45) is 1.74. The van der Waals surface area contributed by atoms with Crippen molar-refractivity contribution in [3.8, 4) is 11.5 Å². The predicted octanol–water partition coefficient (Wildman–Crippen LogP) is 9.07. The number of benzene rings is 3. The number of nitrogens with zero attached hydrogens (tertiary/aromatic N) is 1. The highest BCUT2D eigenvalue weighted by molar-refractivity contribution is 9.11. The molecule has 0 bridgehead atoms. The van der Waals surface area contributed by atoms with Crippen LogP contribution in [0.1, 0.15) is 23.6 Å². The fourth-order valence-corrected chi connectivity index (χ4v) is 6.59. The minimum atomic E-state index is -0.320. The SMILES string of the molecule is CCOc1cc(C=C2SC(=S)N(c3ccc(Br)c(Cl)c3)C2=O)cc(Br)c1OCC(=O)Nc1cc(C)c(C)cc1Br. The molecule has 40 heavy (non-hydrogen) atoms. The molecule has 3 aromatic rings. The second-order valence-electron chi connectivity index (χ2n) is 8.63. The number of thiocarbonyl (C=S) groups is 1. The van der Waals surface area contributed by atoms with Crippen LogP contribution in [-0.2, 0) is 9.59 Å². The number of anilines is 2. The van der Waals surface area contributed by atoms with Crippen molar-refractivity contribution in [1.82, 2.24) is 0 Å². The van der Waals surface area contributed by atoms with Gasteiger partial charge in [-0.2, -0.15) is 0 Å². The van der Waals surface area contributed by atoms with E-state index in [2.05, 4.69) is 53.1 Å². The van der Waals surface area contributed by atoms with Crippen LogP contribution in [0, 0.1) is 13.8 Å². The molecule has 0 unspecified atom stereocenters. The normalized spacial score (nSPS) is 14.2. The summed E-state index contributed by atoms with van der Waals surface area (Å²) in [6, 6.07) is 12.6. The number of amides is 2. The second kappa shape index (κ2) is 13.4. The van der Waals surface area contributed by atoms with Crippen LogP contribution in [0.2, 0.25) is 5.02 Å². The standard InChI is InChI=1S/C28H22Br3ClN2O4S2/c1-4-37-23-10-16(11-24-27(36)34(28(39)40-24)17-5-6-18(29)21(32)12-17)9-20(31)26(23)38-13-25(35)33-22-8-15(3)14(2)7-19(22)30/h5-12H,4,13H2,1-3H3,(H,33,35). The first-order valence-corrected chi connectivity index (χ1v) is 15.9. The molecule has 3 aromatic carbocycles. The van der Waals surface area contributed by atoms with E-state index in [1.54, 1.807) is 36.4 Å². The van der Waals surface area contributed by atoms with Gasteiger partial charge >= 0.3 is 0 Å². The maximum Gasteiger partial charge on any atom is 0.270 e. The number of halogens is 4. The van der Waals surface area contributed by atoms with Gasteiger partial charge in [0.15, 0.2) is 22.4 Å². The van der Waals surface area contributed by atoms with Crippen molar-refractivity contribution in [2.75, 3.05) is 23.4 Å². The Kier molecular flexibility index (Phi) is 10.4. The van der Waals surface area contributed by atoms with E-state index in [4.69, 9.17) is 33.3 Å². The van der Waals surface area contributed by atoms with Gasteiger partial charge in [-0.15, -0.1) is 0 Å². The molecular weight excluding hydrogens is 768 g/mol. The quantitative estimate of drug-likeness (QED) is 0.182. The van der Waals surface area contributed by atoms with Crippen LogP contribution in [-0.4, -0.2) is 29.3 Å². The molecule has 1 N–H and O–H groups in total. The lowest BCUT2D eigenvalue weighted by Gasteiger charge is -2.16. The summed E-state index contributed by atoms with van der Waals surface area (Å²) >= 11 is 23.3. The molecular formula is C28H22Br3ClN2O4S2. The van der Waals surface area contributed by atoms with Gasteiger partial charge < -0.3 is 14.8 Å². The molecule has 12 heteroatoms. The van der Waals surface area contributed by atoms with E-state index in [0.717, 1.165) is 20.1 Å². The Hall–Kier alpha value is -1.89. The van der Waals surface area contributed by atoms with Crippen molar-refractivity contribution >= 4 is 117 Å². The lowest BCUT2D eigenvalue weighted by Crippen LogP contribution is -2.27. The van der Waals surface area contributed by atoms with Gasteiger partial charge in [0.25, 0.3) is 11.8 Å². The minimum absolute atomic E-state index is 0.230. The number of carbonyl (C=O) groups is 2. The van der Waals surface area contributed by atoms with Gasteiger partial charge in [-0.1, -0.05) is 35.6 Å². The van der Waals surface area contributed by atoms with Crippen molar-refractivity contribution in [2.45, 2.75) is 20.8 Å². The van der Waals surface area contributed by atoms with Crippen molar-refractivity contribution in [3.63, 3.8) is 0 Å². The highest BCUT2D eigenvalue weighted by Crippen LogP contribution is 2.41. The Bertz CT molecular complexity index is 1560. The topological polar surface area (TPSA) is 67.9 Å². The van der Waals surface area contributed by atoms with Crippen LogP contribution in [0.5, 0.6) is 11.5 Å². The minimum Gasteiger partial charge on any atom is -0.490 e. The predicted molar refractivity (Wildman–Crippen MR) is 178 cm³/mol. The molecule has 1 heterocycles. The lowest BCUT2D eigenvalue weighted by atomic mass is 10.1. The van der Waals surface area contributed by atoms with E-state index in [0.29, 0.717) is 53.8 Å². The highest BCUT2D eigenvalue weighted by atomic mass is 79.9. The molecule has 1 saturated heterocycles. The molecule has 0 spiro atoms. The summed E-state index contributed by atoms with van der Waals surface area (Å²) in [6.45, 7) is 5.98. The molecule has 208 valence electrons. The largest absolute Gasteiger partial charge is 0.490 e. The highest BCUT2D eigenvalue weighted by Gasteiger charge is 2.33. The van der Waals surface area contributed by atoms with Crippen molar-refractivity contribution in [3.05, 3.63) is 82.5 Å². The zero-order valence-electron chi connectivity index (χ0n) is 21.4. The summed E-state index contributed by atoms with van der Waals surface area (Å²) in [7, 11) is 0. The Morgan fingerprint density at radius 3 is 2.48 bits per heavy atom. The van der Waals surface area contributed by atoms with Gasteiger partial charge in [-0.25, -0.2) is 0 Å². The summed E-state index contributed by atoms with van der Waals surface area (Å²) in [4.78, 5) is 27.8. The Labute approximate surface area is 272 Å². The number of thioether (sulfide) groups is 1. The van der Waals surface area contributed by atoms with Gasteiger partial charge in [0.2, 0.25) is 0 Å². The number of rotatable bonds is 8.